The van der Waals surface area contributed by atoms with Crippen LogP contribution in [0.25, 0.3) is 0 Å². The highest BCUT2D eigenvalue weighted by Gasteiger charge is 2.41. The number of aliphatic hydroxyl groups excluding tert-OH is 2. The maximum Gasteiger partial charge on any atom is 0.326 e. The number of benzene rings is 1. The van der Waals surface area contributed by atoms with Crippen molar-refractivity contribution in [1.82, 2.24) is 84.7 Å². The molecular formula is C69H109N21O25. The van der Waals surface area contributed by atoms with E-state index in [0.717, 1.165) is 24.3 Å². The second kappa shape index (κ2) is 49.3. The van der Waals surface area contributed by atoms with E-state index in [4.69, 9.17) is 28.0 Å². The van der Waals surface area contributed by atoms with Crippen molar-refractivity contribution in [2.45, 2.75) is 230 Å². The molecule has 2 rings (SSSR count). The minimum absolute atomic E-state index is 0.000973. The molecule has 1 aromatic rings. The largest absolute Gasteiger partial charge is 0.481 e. The minimum atomic E-state index is -1.83. The molecule has 1 heterocycles. The summed E-state index contributed by atoms with van der Waals surface area (Å²) in [6.45, 7) is 8.63. The minimum Gasteiger partial charge on any atom is -0.481 e. The number of carbonyl (C=O) groups excluding carboxylic acids is 17. The third-order valence-electron chi connectivity index (χ3n) is 17.7. The van der Waals surface area contributed by atoms with Crippen molar-refractivity contribution in [2.75, 3.05) is 32.8 Å². The van der Waals surface area contributed by atoms with Crippen molar-refractivity contribution in [3.8, 4) is 0 Å². The standard InChI is InChI=1S/C69H109N21O25/c1-10-31(2)52(65(111)76-29-49(95)88-53(38(9)92)66(112)82-34(5)56(102)77-32(3)54(100)78-35(6)58(104)86-43(68(114)115)21-23-51(98)99)89-61(107)41(20-22-50(96)97)84-57(103)37(8)81-64(110)46-19-15-25-90(46)67(113)42(18-14-24-74-69(72)73)85-62(108)44(27-47(71)93)87-59(105)36(7)79-55(101)33(4)80-63(109)45(30-91)83-48(94)28-75-60(106)40(70)26-39-16-12-11-13-17-39/h11-13,16-17,31-38,40-46,52-53,91-92H,10,14-15,18-30,70H2,1-9H3,(H2,71,93)(H,75,106)(H,76,111)(H,77,102)(H,78,100)(H,79,101)(H,80,109)(H,81,110)(H,82,112)(H,83,94)(H,84,103)(H,85,108)(H,86,104)(H,87,105)(H,88,95)(H,89,107)(H,96,97)(H,98,99)(H,114,115)(H4,72,73,74)/t31-,32-,33-,34-,35-,36-,37-,38+,40-,41-,42-,43-,44-,45-,46-,52-,53-/m0/s1. The molecule has 17 amide bonds. The van der Waals surface area contributed by atoms with Gasteiger partial charge in [-0.05, 0) is 105 Å². The molecule has 0 aliphatic carbocycles. The lowest BCUT2D eigenvalue weighted by molar-refractivity contribution is -0.143. The smallest absolute Gasteiger partial charge is 0.326 e. The van der Waals surface area contributed by atoms with E-state index in [-0.39, 0.29) is 57.6 Å². The van der Waals surface area contributed by atoms with Crippen LogP contribution in [0.15, 0.2) is 35.3 Å². The van der Waals surface area contributed by atoms with Gasteiger partial charge in [-0.3, -0.25) is 96.1 Å². The summed E-state index contributed by atoms with van der Waals surface area (Å²) in [4.78, 5) is 266. The Morgan fingerprint density at radius 2 is 0.922 bits per heavy atom. The SMILES string of the molecule is CC[C@H](C)[C@H](NC(=O)[C@H](CCC(=O)O)NC(=O)[C@H](C)NC(=O)[C@@H]1CCCN1C(=O)[C@H](CCCN=C(N)N)NC(=O)[C@H](CC(N)=O)NC(=O)[C@H](C)NC(=O)[C@H](C)NC(=O)[C@H](CO)NC(=O)CNC(=O)[C@@H](N)Cc1ccccc1)C(=O)NCC(=O)N[C@H](C(=O)N[C@@H](C)C(=O)N[C@@H](C)C(=O)N[C@@H](C)C(=O)N[C@@H](CCC(=O)O)C(=O)O)[C@@H](C)O. The summed E-state index contributed by atoms with van der Waals surface area (Å²) in [5.41, 5.74) is 23.2. The predicted molar refractivity (Wildman–Crippen MR) is 401 cm³/mol. The van der Waals surface area contributed by atoms with Crippen molar-refractivity contribution in [1.29, 1.82) is 0 Å². The van der Waals surface area contributed by atoms with Gasteiger partial charge in [0, 0.05) is 25.9 Å². The topological polar surface area (TPSA) is 743 Å². The zero-order valence-corrected chi connectivity index (χ0v) is 65.1. The molecule has 640 valence electrons. The average Bonchev–Trinajstić information content (AvgIpc) is 1.73. The number of nitrogens with zero attached hydrogens (tertiary/aromatic N) is 2. The number of likely N-dealkylation sites (tertiary alicyclic amines) is 1. The van der Waals surface area contributed by atoms with Crippen molar-refractivity contribution in [3.05, 3.63) is 35.9 Å². The number of rotatable bonds is 50. The Hall–Kier alpha value is -12.2. The number of carbonyl (C=O) groups is 20. The molecule has 1 fully saturated rings. The van der Waals surface area contributed by atoms with Gasteiger partial charge in [-0.2, -0.15) is 0 Å². The Kier molecular flexibility index (Phi) is 42.4. The fourth-order valence-corrected chi connectivity index (χ4v) is 10.8. The van der Waals surface area contributed by atoms with Crippen LogP contribution < -0.4 is 103 Å². The summed E-state index contributed by atoms with van der Waals surface area (Å²) < 4.78 is 0. The molecule has 115 heavy (non-hydrogen) atoms. The Bertz CT molecular complexity index is 3680. The third-order valence-corrected chi connectivity index (χ3v) is 17.7. The molecule has 0 radical (unpaired) electrons. The number of primary amides is 1. The van der Waals surface area contributed by atoms with Gasteiger partial charge in [-0.1, -0.05) is 50.6 Å². The number of amides is 17. The monoisotopic (exact) mass is 1630 g/mol. The molecule has 0 saturated carbocycles. The molecular weight excluding hydrogens is 1520 g/mol. The lowest BCUT2D eigenvalue weighted by Gasteiger charge is -2.30. The van der Waals surface area contributed by atoms with Crippen LogP contribution in [0.4, 0.5) is 0 Å². The first-order chi connectivity index (χ1) is 53.8. The lowest BCUT2D eigenvalue weighted by Crippen LogP contribution is -2.60. The van der Waals surface area contributed by atoms with Crippen LogP contribution in [0.2, 0.25) is 0 Å². The average molecular weight is 1630 g/mol. The van der Waals surface area contributed by atoms with E-state index in [1.165, 1.54) is 41.5 Å². The number of carboxylic acid groups (broad SMARTS) is 3. The Morgan fingerprint density at radius 1 is 0.487 bits per heavy atom. The number of aliphatic imine (C=N–C) groups is 1. The first kappa shape index (κ1) is 98.8. The molecule has 28 N–H and O–H groups in total. The van der Waals surface area contributed by atoms with Gasteiger partial charge in [-0.15, -0.1) is 0 Å². The normalized spacial score (nSPS) is 16.4. The van der Waals surface area contributed by atoms with Gasteiger partial charge >= 0.3 is 17.9 Å². The molecule has 0 spiro atoms. The highest BCUT2D eigenvalue weighted by atomic mass is 16.4. The number of hydrogen-bond acceptors (Lipinski definition) is 24. The van der Waals surface area contributed by atoms with Crippen LogP contribution in [0.3, 0.4) is 0 Å². The predicted octanol–water partition coefficient (Wildman–Crippen LogP) is -10.6. The van der Waals surface area contributed by atoms with Crippen LogP contribution >= 0.6 is 0 Å². The first-order valence-electron chi connectivity index (χ1n) is 36.7. The molecule has 46 nitrogen and oxygen atoms in total. The van der Waals surface area contributed by atoms with E-state index in [0.29, 0.717) is 0 Å². The van der Waals surface area contributed by atoms with Gasteiger partial charge < -0.3 is 133 Å². The van der Waals surface area contributed by atoms with Gasteiger partial charge in [-0.25, -0.2) is 4.79 Å². The summed E-state index contributed by atoms with van der Waals surface area (Å²) in [5, 5.41) is 82.8. The molecule has 0 bridgehead atoms. The molecule has 1 aromatic carbocycles. The third kappa shape index (κ3) is 35.6. The van der Waals surface area contributed by atoms with Crippen molar-refractivity contribution in [2.24, 2.45) is 33.8 Å². The summed E-state index contributed by atoms with van der Waals surface area (Å²) in [6, 6.07) is -13.9. The van der Waals surface area contributed by atoms with E-state index in [2.05, 4.69) is 84.7 Å². The fourth-order valence-electron chi connectivity index (χ4n) is 10.8. The molecule has 0 aromatic heterocycles. The van der Waals surface area contributed by atoms with Crippen LogP contribution in [0.5, 0.6) is 0 Å². The highest BCUT2D eigenvalue weighted by Crippen LogP contribution is 2.21. The number of nitrogens with one attached hydrogen (secondary N) is 15. The van der Waals surface area contributed by atoms with Crippen LogP contribution in [-0.2, 0) is 102 Å². The zero-order chi connectivity index (χ0) is 87.3. The molecule has 46 heteroatoms. The Morgan fingerprint density at radius 3 is 1.40 bits per heavy atom. The Labute approximate surface area is 660 Å². The van der Waals surface area contributed by atoms with Crippen LogP contribution in [0.1, 0.15) is 132 Å². The summed E-state index contributed by atoms with van der Waals surface area (Å²) in [5.74, 6) is -22.5. The first-order valence-corrected chi connectivity index (χ1v) is 36.7. The molecule has 17 atom stereocenters. The highest BCUT2D eigenvalue weighted by molar-refractivity contribution is 6.01. The molecule has 1 aliphatic heterocycles. The van der Waals surface area contributed by atoms with Gasteiger partial charge in [0.1, 0.15) is 84.6 Å². The molecule has 0 unspecified atom stereocenters. The van der Waals surface area contributed by atoms with Crippen molar-refractivity contribution >= 4 is 124 Å². The number of hydrogen-bond donors (Lipinski definition) is 24. The van der Waals surface area contributed by atoms with Gasteiger partial charge in [0.05, 0.1) is 38.3 Å². The van der Waals surface area contributed by atoms with Gasteiger partial charge in [0.15, 0.2) is 5.96 Å². The van der Waals surface area contributed by atoms with Crippen molar-refractivity contribution in [3.63, 3.8) is 0 Å². The maximum absolute atomic E-state index is 14.6. The van der Waals surface area contributed by atoms with E-state index >= 15 is 0 Å². The van der Waals surface area contributed by atoms with E-state index < -0.39 is 273 Å². The number of aliphatic carboxylic acids is 3. The fraction of sp³-hybridized carbons (Fsp3) is 0.609. The zero-order valence-electron chi connectivity index (χ0n) is 65.1. The van der Waals surface area contributed by atoms with E-state index in [1.807, 2.05) is 0 Å². The molecule has 1 aliphatic rings. The molecule has 1 saturated heterocycles. The number of carboxylic acids is 3. The van der Waals surface area contributed by atoms with Gasteiger partial charge in [0.25, 0.3) is 0 Å². The second-order valence-electron chi connectivity index (χ2n) is 27.3. The summed E-state index contributed by atoms with van der Waals surface area (Å²) >= 11 is 0. The van der Waals surface area contributed by atoms with Crippen LogP contribution in [-0.4, -0.2) is 284 Å². The maximum atomic E-state index is 14.6. The Balaban J connectivity index is 2.17. The van der Waals surface area contributed by atoms with Gasteiger partial charge in [0.2, 0.25) is 100 Å². The van der Waals surface area contributed by atoms with E-state index in [1.54, 1.807) is 37.3 Å². The summed E-state index contributed by atoms with van der Waals surface area (Å²) in [6.07, 6.45) is -4.60. The van der Waals surface area contributed by atoms with Crippen molar-refractivity contribution < 1.29 is 121 Å². The second-order valence-corrected chi connectivity index (χ2v) is 27.3. The summed E-state index contributed by atoms with van der Waals surface area (Å²) in [7, 11) is 0. The number of guanidine groups is 1. The quantitative estimate of drug-likeness (QED) is 0.0164. The lowest BCUT2D eigenvalue weighted by atomic mass is 9.97. The number of nitrogens with two attached hydrogens (primary N) is 4. The van der Waals surface area contributed by atoms with E-state index in [9.17, 15) is 116 Å². The van der Waals surface area contributed by atoms with Crippen LogP contribution in [0, 0.1) is 5.92 Å². The number of aliphatic hydroxyl groups is 2.